The van der Waals surface area contributed by atoms with Crippen molar-refractivity contribution in [3.8, 4) is 0 Å². The third kappa shape index (κ3) is 3.32. The zero-order valence-corrected chi connectivity index (χ0v) is 11.1. The summed E-state index contributed by atoms with van der Waals surface area (Å²) in [4.78, 5) is 16.0. The maximum absolute atomic E-state index is 11.8. The smallest absolute Gasteiger partial charge is 0.220 e. The van der Waals surface area contributed by atoms with Gasteiger partial charge in [-0.25, -0.2) is 4.98 Å². The number of carbonyl (C=O) groups is 1. The molecule has 0 aliphatic carbocycles. The van der Waals surface area contributed by atoms with Crippen LogP contribution in [0.15, 0.2) is 12.4 Å². The van der Waals surface area contributed by atoms with E-state index < -0.39 is 0 Å². The van der Waals surface area contributed by atoms with Gasteiger partial charge in [0.05, 0.1) is 6.54 Å². The van der Waals surface area contributed by atoms with Gasteiger partial charge in [-0.1, -0.05) is 0 Å². The lowest BCUT2D eigenvalue weighted by atomic mass is 10.1. The molecule has 5 nitrogen and oxygen atoms in total. The molecule has 1 atom stereocenters. The van der Waals surface area contributed by atoms with E-state index in [0.717, 1.165) is 18.9 Å². The summed E-state index contributed by atoms with van der Waals surface area (Å²) in [5, 5.41) is 2.93. The molecule has 2 rings (SSSR count). The molecule has 0 radical (unpaired) electrons. The minimum atomic E-state index is 0.0869. The molecule has 0 spiro atoms. The Morgan fingerprint density at radius 1 is 1.67 bits per heavy atom. The summed E-state index contributed by atoms with van der Waals surface area (Å²) in [5.74, 6) is 1.37. The van der Waals surface area contributed by atoms with Crippen LogP contribution in [0.2, 0.25) is 0 Å². The zero-order chi connectivity index (χ0) is 13.0. The zero-order valence-electron chi connectivity index (χ0n) is 11.1. The van der Waals surface area contributed by atoms with E-state index in [4.69, 9.17) is 4.74 Å². The van der Waals surface area contributed by atoms with E-state index in [1.165, 1.54) is 0 Å². The lowest BCUT2D eigenvalue weighted by Crippen LogP contribution is -2.27. The molecule has 5 heteroatoms. The van der Waals surface area contributed by atoms with Crippen LogP contribution in [0.3, 0.4) is 0 Å². The minimum absolute atomic E-state index is 0.0869. The highest BCUT2D eigenvalue weighted by Gasteiger charge is 2.19. The summed E-state index contributed by atoms with van der Waals surface area (Å²) in [7, 11) is 0. The number of aromatic nitrogens is 2. The van der Waals surface area contributed by atoms with Crippen LogP contribution in [0.4, 0.5) is 0 Å². The van der Waals surface area contributed by atoms with Gasteiger partial charge in [0.2, 0.25) is 5.91 Å². The van der Waals surface area contributed by atoms with Crippen LogP contribution in [-0.2, 0) is 16.1 Å². The molecule has 1 fully saturated rings. The van der Waals surface area contributed by atoms with Gasteiger partial charge in [0, 0.05) is 38.1 Å². The van der Waals surface area contributed by atoms with Crippen LogP contribution >= 0.6 is 0 Å². The van der Waals surface area contributed by atoms with E-state index in [1.807, 2.05) is 6.20 Å². The van der Waals surface area contributed by atoms with Crippen LogP contribution in [-0.4, -0.2) is 28.7 Å². The van der Waals surface area contributed by atoms with E-state index in [1.54, 1.807) is 6.20 Å². The molecule has 1 saturated heterocycles. The largest absolute Gasteiger partial charge is 0.381 e. The van der Waals surface area contributed by atoms with Crippen molar-refractivity contribution in [2.75, 3.05) is 13.2 Å². The standard InChI is InChI=1S/C13H21N3O2/c1-10(2)16-5-4-14-12(16)8-15-13(17)7-11-3-6-18-9-11/h4-5,10-11H,3,6-9H2,1-2H3,(H,15,17)/t11-/m1/s1. The van der Waals surface area contributed by atoms with Crippen molar-refractivity contribution in [1.29, 1.82) is 0 Å². The van der Waals surface area contributed by atoms with Gasteiger partial charge in [0.15, 0.2) is 0 Å². The third-order valence-electron chi connectivity index (χ3n) is 3.25. The molecular formula is C13H21N3O2. The first-order valence-corrected chi connectivity index (χ1v) is 6.53. The highest BCUT2D eigenvalue weighted by Crippen LogP contribution is 2.16. The van der Waals surface area contributed by atoms with Crippen LogP contribution < -0.4 is 5.32 Å². The first-order chi connectivity index (χ1) is 8.66. The topological polar surface area (TPSA) is 56.2 Å². The van der Waals surface area contributed by atoms with Crippen LogP contribution in [0, 0.1) is 5.92 Å². The molecule has 2 heterocycles. The minimum Gasteiger partial charge on any atom is -0.381 e. The van der Waals surface area contributed by atoms with Gasteiger partial charge < -0.3 is 14.6 Å². The number of nitrogens with one attached hydrogen (secondary N) is 1. The molecule has 1 N–H and O–H groups in total. The van der Waals surface area contributed by atoms with Gasteiger partial charge in [-0.2, -0.15) is 0 Å². The molecule has 1 aromatic rings. The van der Waals surface area contributed by atoms with Gasteiger partial charge >= 0.3 is 0 Å². The van der Waals surface area contributed by atoms with Gasteiger partial charge in [0.1, 0.15) is 5.82 Å². The summed E-state index contributed by atoms with van der Waals surface area (Å²) in [6.07, 6.45) is 5.26. The van der Waals surface area contributed by atoms with E-state index >= 15 is 0 Å². The number of carbonyl (C=O) groups excluding carboxylic acids is 1. The molecule has 100 valence electrons. The highest BCUT2D eigenvalue weighted by molar-refractivity contribution is 5.76. The summed E-state index contributed by atoms with van der Waals surface area (Å²) in [6, 6.07) is 0.364. The second-order valence-corrected chi connectivity index (χ2v) is 5.05. The van der Waals surface area contributed by atoms with Crippen molar-refractivity contribution in [3.63, 3.8) is 0 Å². The summed E-state index contributed by atoms with van der Waals surface area (Å²) >= 11 is 0. The molecule has 1 amide bonds. The number of hydrogen-bond acceptors (Lipinski definition) is 3. The Balaban J connectivity index is 1.79. The van der Waals surface area contributed by atoms with Crippen molar-refractivity contribution >= 4 is 5.91 Å². The average molecular weight is 251 g/mol. The predicted molar refractivity (Wildman–Crippen MR) is 68.0 cm³/mol. The Bertz CT molecular complexity index is 395. The molecule has 1 aliphatic rings. The molecule has 1 aliphatic heterocycles. The Morgan fingerprint density at radius 3 is 3.17 bits per heavy atom. The summed E-state index contributed by atoms with van der Waals surface area (Å²) in [6.45, 7) is 6.20. The maximum Gasteiger partial charge on any atom is 0.220 e. The number of nitrogens with zero attached hydrogens (tertiary/aromatic N) is 2. The fraction of sp³-hybridized carbons (Fsp3) is 0.692. The van der Waals surface area contributed by atoms with Crippen molar-refractivity contribution in [2.24, 2.45) is 5.92 Å². The molecular weight excluding hydrogens is 230 g/mol. The molecule has 0 bridgehead atoms. The fourth-order valence-electron chi connectivity index (χ4n) is 2.21. The van der Waals surface area contributed by atoms with Gasteiger partial charge in [0.25, 0.3) is 0 Å². The van der Waals surface area contributed by atoms with E-state index in [9.17, 15) is 4.79 Å². The molecule has 0 unspecified atom stereocenters. The fourth-order valence-corrected chi connectivity index (χ4v) is 2.21. The summed E-state index contributed by atoms with van der Waals surface area (Å²) in [5.41, 5.74) is 0. The lowest BCUT2D eigenvalue weighted by Gasteiger charge is -2.12. The Hall–Kier alpha value is -1.36. The molecule has 0 saturated carbocycles. The first kappa shape index (κ1) is 13.1. The number of ether oxygens (including phenoxy) is 1. The van der Waals surface area contributed by atoms with Crippen LogP contribution in [0.5, 0.6) is 0 Å². The molecule has 18 heavy (non-hydrogen) atoms. The maximum atomic E-state index is 11.8. The number of rotatable bonds is 5. The molecule has 0 aromatic carbocycles. The normalized spacial score (nSPS) is 19.4. The Labute approximate surface area is 108 Å². The van der Waals surface area contributed by atoms with Gasteiger partial charge in [-0.05, 0) is 26.2 Å². The van der Waals surface area contributed by atoms with Crippen LogP contribution in [0.25, 0.3) is 0 Å². The van der Waals surface area contributed by atoms with Gasteiger partial charge in [-0.3, -0.25) is 4.79 Å². The van der Waals surface area contributed by atoms with Crippen molar-refractivity contribution < 1.29 is 9.53 Å². The number of amides is 1. The molecule has 1 aromatic heterocycles. The van der Waals surface area contributed by atoms with Crippen LogP contribution in [0.1, 0.15) is 38.6 Å². The van der Waals surface area contributed by atoms with Crippen molar-refractivity contribution in [2.45, 2.75) is 39.3 Å². The number of imidazole rings is 1. The van der Waals surface area contributed by atoms with E-state index in [-0.39, 0.29) is 5.91 Å². The highest BCUT2D eigenvalue weighted by atomic mass is 16.5. The summed E-state index contributed by atoms with van der Waals surface area (Å²) < 4.78 is 7.33. The monoisotopic (exact) mass is 251 g/mol. The second-order valence-electron chi connectivity index (χ2n) is 5.05. The van der Waals surface area contributed by atoms with E-state index in [0.29, 0.717) is 31.5 Å². The lowest BCUT2D eigenvalue weighted by molar-refractivity contribution is -0.122. The SMILES string of the molecule is CC(C)n1ccnc1CNC(=O)C[C@H]1CCOC1. The van der Waals surface area contributed by atoms with E-state index in [2.05, 4.69) is 28.7 Å². The van der Waals surface area contributed by atoms with Gasteiger partial charge in [-0.15, -0.1) is 0 Å². The predicted octanol–water partition coefficient (Wildman–Crippen LogP) is 1.51. The average Bonchev–Trinajstić information content (AvgIpc) is 2.96. The quantitative estimate of drug-likeness (QED) is 0.863. The van der Waals surface area contributed by atoms with Crippen molar-refractivity contribution in [3.05, 3.63) is 18.2 Å². The Kier molecular flexibility index (Phi) is 4.36. The Morgan fingerprint density at radius 2 is 2.50 bits per heavy atom. The van der Waals surface area contributed by atoms with Crippen molar-refractivity contribution in [1.82, 2.24) is 14.9 Å². The third-order valence-corrected chi connectivity index (χ3v) is 3.25. The second kappa shape index (κ2) is 6.00. The first-order valence-electron chi connectivity index (χ1n) is 6.53. The number of hydrogen-bond donors (Lipinski definition) is 1.